The van der Waals surface area contributed by atoms with Crippen LogP contribution in [0.1, 0.15) is 0 Å². The molecule has 78 valence electrons. The molecule has 0 aliphatic carbocycles. The van der Waals surface area contributed by atoms with E-state index in [9.17, 15) is 0 Å². The lowest BCUT2D eigenvalue weighted by Gasteiger charge is -2.06. The van der Waals surface area contributed by atoms with Crippen molar-refractivity contribution in [1.82, 2.24) is 0 Å². The summed E-state index contributed by atoms with van der Waals surface area (Å²) in [4.78, 5) is 0. The minimum Gasteiger partial charge on any atom is -0.491 e. The minimum absolute atomic E-state index is 0.529. The van der Waals surface area contributed by atoms with E-state index in [4.69, 9.17) is 26.8 Å². The lowest BCUT2D eigenvalue weighted by molar-refractivity contribution is 0.106. The van der Waals surface area contributed by atoms with Gasteiger partial charge in [-0.1, -0.05) is 11.6 Å². The standard InChI is InChI=1S/C10H14ClNO2/c11-9-1-3-10(4-2-9)14-8-7-13-6-5-12/h1-4H,5-8,12H2. The number of hydrogen-bond donors (Lipinski definition) is 1. The van der Waals surface area contributed by atoms with Gasteiger partial charge in [-0.15, -0.1) is 0 Å². The van der Waals surface area contributed by atoms with Gasteiger partial charge < -0.3 is 15.2 Å². The minimum atomic E-state index is 0.529. The highest BCUT2D eigenvalue weighted by molar-refractivity contribution is 6.30. The number of nitrogens with two attached hydrogens (primary N) is 1. The molecule has 0 radical (unpaired) electrons. The molecule has 3 nitrogen and oxygen atoms in total. The SMILES string of the molecule is NCCOCCOc1ccc(Cl)cc1. The van der Waals surface area contributed by atoms with E-state index in [1.807, 2.05) is 12.1 Å². The van der Waals surface area contributed by atoms with Crippen LogP contribution in [0.4, 0.5) is 0 Å². The number of benzene rings is 1. The predicted octanol–water partition coefficient (Wildman–Crippen LogP) is 1.69. The van der Waals surface area contributed by atoms with Crippen molar-refractivity contribution in [2.24, 2.45) is 5.73 Å². The van der Waals surface area contributed by atoms with Crippen molar-refractivity contribution in [3.8, 4) is 5.75 Å². The van der Waals surface area contributed by atoms with E-state index in [-0.39, 0.29) is 0 Å². The Morgan fingerprint density at radius 2 is 1.79 bits per heavy atom. The molecule has 0 aromatic heterocycles. The van der Waals surface area contributed by atoms with Crippen molar-refractivity contribution in [3.05, 3.63) is 29.3 Å². The third kappa shape index (κ3) is 4.46. The molecule has 0 fully saturated rings. The first-order valence-corrected chi connectivity index (χ1v) is 4.87. The molecule has 0 atom stereocenters. The summed E-state index contributed by atoms with van der Waals surface area (Å²) in [6, 6.07) is 7.23. The van der Waals surface area contributed by atoms with Crippen molar-refractivity contribution in [3.63, 3.8) is 0 Å². The highest BCUT2D eigenvalue weighted by atomic mass is 35.5. The molecule has 0 amide bonds. The van der Waals surface area contributed by atoms with Crippen LogP contribution in [0.5, 0.6) is 5.75 Å². The van der Waals surface area contributed by atoms with Crippen molar-refractivity contribution in [2.75, 3.05) is 26.4 Å². The van der Waals surface area contributed by atoms with E-state index in [1.165, 1.54) is 0 Å². The number of halogens is 1. The van der Waals surface area contributed by atoms with E-state index in [0.717, 1.165) is 5.75 Å². The van der Waals surface area contributed by atoms with Crippen LogP contribution in [-0.4, -0.2) is 26.4 Å². The van der Waals surface area contributed by atoms with Crippen LogP contribution in [0.25, 0.3) is 0 Å². The van der Waals surface area contributed by atoms with E-state index < -0.39 is 0 Å². The first-order valence-electron chi connectivity index (χ1n) is 4.49. The Labute approximate surface area is 88.8 Å². The van der Waals surface area contributed by atoms with Crippen LogP contribution >= 0.6 is 11.6 Å². The van der Waals surface area contributed by atoms with Crippen LogP contribution in [0, 0.1) is 0 Å². The van der Waals surface area contributed by atoms with Crippen LogP contribution in [0.15, 0.2) is 24.3 Å². The molecule has 2 N–H and O–H groups in total. The Morgan fingerprint density at radius 3 is 2.43 bits per heavy atom. The average molecular weight is 216 g/mol. The molecule has 1 rings (SSSR count). The Balaban J connectivity index is 2.15. The quantitative estimate of drug-likeness (QED) is 0.735. The largest absolute Gasteiger partial charge is 0.491 e. The van der Waals surface area contributed by atoms with Gasteiger partial charge in [0.1, 0.15) is 12.4 Å². The third-order valence-electron chi connectivity index (χ3n) is 1.57. The van der Waals surface area contributed by atoms with E-state index >= 15 is 0 Å². The molecule has 0 aliphatic rings. The van der Waals surface area contributed by atoms with Gasteiger partial charge in [-0.3, -0.25) is 0 Å². The molecule has 0 bridgehead atoms. The third-order valence-corrected chi connectivity index (χ3v) is 1.82. The summed E-state index contributed by atoms with van der Waals surface area (Å²) in [5.74, 6) is 0.797. The summed E-state index contributed by atoms with van der Waals surface area (Å²) in [6.45, 7) is 2.20. The number of rotatable bonds is 6. The molecule has 0 saturated heterocycles. The maximum absolute atomic E-state index is 5.72. The zero-order valence-electron chi connectivity index (χ0n) is 7.91. The molecular weight excluding hydrogens is 202 g/mol. The van der Waals surface area contributed by atoms with Gasteiger partial charge >= 0.3 is 0 Å². The second-order valence-electron chi connectivity index (χ2n) is 2.70. The van der Waals surface area contributed by atoms with Gasteiger partial charge in [-0.05, 0) is 24.3 Å². The Hall–Kier alpha value is -0.770. The van der Waals surface area contributed by atoms with Gasteiger partial charge in [-0.2, -0.15) is 0 Å². The van der Waals surface area contributed by atoms with Crippen LogP contribution < -0.4 is 10.5 Å². The first-order chi connectivity index (χ1) is 6.83. The fraction of sp³-hybridized carbons (Fsp3) is 0.400. The molecule has 1 aromatic rings. The fourth-order valence-corrected chi connectivity index (χ4v) is 1.06. The van der Waals surface area contributed by atoms with E-state index in [2.05, 4.69) is 0 Å². The van der Waals surface area contributed by atoms with Crippen LogP contribution in [0.2, 0.25) is 5.02 Å². The molecule has 0 aliphatic heterocycles. The summed E-state index contributed by atoms with van der Waals surface area (Å²) in [5.41, 5.74) is 5.26. The monoisotopic (exact) mass is 215 g/mol. The molecule has 0 heterocycles. The fourth-order valence-electron chi connectivity index (χ4n) is 0.935. The zero-order chi connectivity index (χ0) is 10.2. The molecule has 0 spiro atoms. The maximum atomic E-state index is 5.72. The lowest BCUT2D eigenvalue weighted by atomic mass is 10.3. The summed E-state index contributed by atoms with van der Waals surface area (Å²) >= 11 is 5.72. The second-order valence-corrected chi connectivity index (χ2v) is 3.14. The summed E-state index contributed by atoms with van der Waals surface area (Å²) < 4.78 is 10.5. The molecular formula is C10H14ClNO2. The summed E-state index contributed by atoms with van der Waals surface area (Å²) in [5, 5.41) is 0.705. The molecule has 0 saturated carbocycles. The maximum Gasteiger partial charge on any atom is 0.119 e. The van der Waals surface area contributed by atoms with Gasteiger partial charge in [0, 0.05) is 11.6 Å². The van der Waals surface area contributed by atoms with Crippen LogP contribution in [-0.2, 0) is 4.74 Å². The second kappa shape index (κ2) is 6.65. The van der Waals surface area contributed by atoms with Gasteiger partial charge in [0.05, 0.1) is 13.2 Å². The van der Waals surface area contributed by atoms with Gasteiger partial charge in [0.2, 0.25) is 0 Å². The topological polar surface area (TPSA) is 44.5 Å². The molecule has 4 heteroatoms. The van der Waals surface area contributed by atoms with Gasteiger partial charge in [0.25, 0.3) is 0 Å². The van der Waals surface area contributed by atoms with E-state index in [0.29, 0.717) is 31.4 Å². The van der Waals surface area contributed by atoms with Crippen molar-refractivity contribution in [1.29, 1.82) is 0 Å². The first kappa shape index (κ1) is 11.3. The normalized spacial score (nSPS) is 10.1. The lowest BCUT2D eigenvalue weighted by Crippen LogP contribution is -2.13. The summed E-state index contributed by atoms with van der Waals surface area (Å²) in [7, 11) is 0. The highest BCUT2D eigenvalue weighted by Crippen LogP contribution is 2.15. The van der Waals surface area contributed by atoms with Crippen molar-refractivity contribution in [2.45, 2.75) is 0 Å². The highest BCUT2D eigenvalue weighted by Gasteiger charge is 1.93. The Morgan fingerprint density at radius 1 is 1.07 bits per heavy atom. The van der Waals surface area contributed by atoms with Crippen LogP contribution in [0.3, 0.4) is 0 Å². The average Bonchev–Trinajstić information content (AvgIpc) is 2.21. The molecule has 1 aromatic carbocycles. The summed E-state index contributed by atoms with van der Waals surface area (Å²) in [6.07, 6.45) is 0. The molecule has 0 unspecified atom stereocenters. The Bertz CT molecular complexity index is 251. The van der Waals surface area contributed by atoms with E-state index in [1.54, 1.807) is 12.1 Å². The smallest absolute Gasteiger partial charge is 0.119 e. The number of hydrogen-bond acceptors (Lipinski definition) is 3. The Kier molecular flexibility index (Phi) is 5.37. The van der Waals surface area contributed by atoms with Gasteiger partial charge in [0.15, 0.2) is 0 Å². The zero-order valence-corrected chi connectivity index (χ0v) is 8.67. The number of ether oxygens (including phenoxy) is 2. The molecule has 14 heavy (non-hydrogen) atoms. The predicted molar refractivity (Wildman–Crippen MR) is 56.8 cm³/mol. The van der Waals surface area contributed by atoms with Crippen molar-refractivity contribution >= 4 is 11.6 Å². The van der Waals surface area contributed by atoms with Gasteiger partial charge in [-0.25, -0.2) is 0 Å². The van der Waals surface area contributed by atoms with Crippen molar-refractivity contribution < 1.29 is 9.47 Å².